The third kappa shape index (κ3) is 3.12. The lowest BCUT2D eigenvalue weighted by Gasteiger charge is -2.20. The minimum absolute atomic E-state index is 0.183. The predicted molar refractivity (Wildman–Crippen MR) is 82.9 cm³/mol. The second-order valence-corrected chi connectivity index (χ2v) is 5.18. The van der Waals surface area contributed by atoms with Gasteiger partial charge in [0.25, 0.3) is 0 Å². The molecule has 0 aliphatic carbocycles. The van der Waals surface area contributed by atoms with Gasteiger partial charge < -0.3 is 9.47 Å². The lowest BCUT2D eigenvalue weighted by atomic mass is 9.98. The van der Waals surface area contributed by atoms with Crippen molar-refractivity contribution in [2.45, 2.75) is 6.04 Å². The molecule has 2 rings (SSSR count). The van der Waals surface area contributed by atoms with Crippen LogP contribution in [0.15, 0.2) is 46.9 Å². The van der Waals surface area contributed by atoms with Crippen LogP contribution in [0.1, 0.15) is 17.2 Å². The normalized spacial score (nSPS) is 12.0. The van der Waals surface area contributed by atoms with Crippen molar-refractivity contribution in [1.82, 2.24) is 5.43 Å². The fourth-order valence-corrected chi connectivity index (χ4v) is 2.53. The van der Waals surface area contributed by atoms with Gasteiger partial charge in [0.15, 0.2) is 0 Å². The molecule has 3 N–H and O–H groups in total. The zero-order chi connectivity index (χ0) is 14.5. The average Bonchev–Trinajstić information content (AvgIpc) is 2.48. The molecule has 20 heavy (non-hydrogen) atoms. The lowest BCUT2D eigenvalue weighted by molar-refractivity contribution is 0.394. The summed E-state index contributed by atoms with van der Waals surface area (Å²) in [5.41, 5.74) is 4.79. The average molecular weight is 337 g/mol. The van der Waals surface area contributed by atoms with Gasteiger partial charge in [-0.2, -0.15) is 0 Å². The SMILES string of the molecule is COc1ccc(OC)c(C(NN)c2cccc(Br)c2)c1. The van der Waals surface area contributed by atoms with Gasteiger partial charge in [-0.15, -0.1) is 0 Å². The molecular weight excluding hydrogens is 320 g/mol. The van der Waals surface area contributed by atoms with Gasteiger partial charge in [-0.3, -0.25) is 5.84 Å². The van der Waals surface area contributed by atoms with Crippen LogP contribution in [0.2, 0.25) is 0 Å². The number of rotatable bonds is 5. The molecule has 0 amide bonds. The molecule has 0 heterocycles. The van der Waals surface area contributed by atoms with Crippen LogP contribution in [0.3, 0.4) is 0 Å². The Morgan fingerprint density at radius 1 is 1.10 bits per heavy atom. The molecule has 4 nitrogen and oxygen atoms in total. The van der Waals surface area contributed by atoms with Gasteiger partial charge >= 0.3 is 0 Å². The van der Waals surface area contributed by atoms with Crippen molar-refractivity contribution in [3.8, 4) is 11.5 Å². The maximum absolute atomic E-state index is 5.74. The highest BCUT2D eigenvalue weighted by atomic mass is 79.9. The quantitative estimate of drug-likeness (QED) is 0.651. The van der Waals surface area contributed by atoms with Crippen molar-refractivity contribution in [2.75, 3.05) is 14.2 Å². The summed E-state index contributed by atoms with van der Waals surface area (Å²) in [5.74, 6) is 7.26. The lowest BCUT2D eigenvalue weighted by Crippen LogP contribution is -2.29. The molecule has 1 atom stereocenters. The van der Waals surface area contributed by atoms with E-state index >= 15 is 0 Å². The van der Waals surface area contributed by atoms with Crippen molar-refractivity contribution in [3.05, 3.63) is 58.1 Å². The van der Waals surface area contributed by atoms with Crippen LogP contribution in [0.4, 0.5) is 0 Å². The van der Waals surface area contributed by atoms with Gasteiger partial charge in [-0.05, 0) is 35.9 Å². The number of hydrogen-bond acceptors (Lipinski definition) is 4. The monoisotopic (exact) mass is 336 g/mol. The van der Waals surface area contributed by atoms with E-state index in [1.54, 1.807) is 14.2 Å². The molecule has 5 heteroatoms. The highest BCUT2D eigenvalue weighted by molar-refractivity contribution is 9.10. The minimum Gasteiger partial charge on any atom is -0.497 e. The molecule has 0 radical (unpaired) electrons. The highest BCUT2D eigenvalue weighted by Crippen LogP contribution is 2.33. The molecule has 0 spiro atoms. The number of nitrogens with two attached hydrogens (primary N) is 1. The maximum atomic E-state index is 5.74. The number of hydrogen-bond donors (Lipinski definition) is 2. The maximum Gasteiger partial charge on any atom is 0.124 e. The first kappa shape index (κ1) is 14.8. The summed E-state index contributed by atoms with van der Waals surface area (Å²) < 4.78 is 11.7. The van der Waals surface area contributed by atoms with E-state index in [0.29, 0.717) is 0 Å². The molecule has 0 fully saturated rings. The number of hydrazine groups is 1. The Balaban J connectivity index is 2.50. The van der Waals surface area contributed by atoms with E-state index in [4.69, 9.17) is 15.3 Å². The first-order valence-corrected chi connectivity index (χ1v) is 6.92. The minimum atomic E-state index is -0.183. The molecule has 2 aromatic carbocycles. The molecule has 0 saturated heterocycles. The Morgan fingerprint density at radius 2 is 1.90 bits per heavy atom. The van der Waals surface area contributed by atoms with Gasteiger partial charge in [-0.25, -0.2) is 5.43 Å². The third-order valence-corrected chi connectivity index (χ3v) is 3.59. The third-order valence-electron chi connectivity index (χ3n) is 3.10. The van der Waals surface area contributed by atoms with E-state index < -0.39 is 0 Å². The largest absolute Gasteiger partial charge is 0.497 e. The molecule has 2 aromatic rings. The number of halogens is 1. The summed E-state index contributed by atoms with van der Waals surface area (Å²) in [5, 5.41) is 0. The van der Waals surface area contributed by atoms with E-state index in [9.17, 15) is 0 Å². The molecular formula is C15H17BrN2O2. The van der Waals surface area contributed by atoms with Gasteiger partial charge in [0.1, 0.15) is 11.5 Å². The standard InChI is InChI=1S/C15H17BrN2O2/c1-19-12-6-7-14(20-2)13(9-12)15(18-17)10-4-3-5-11(16)8-10/h3-9,15,18H,17H2,1-2H3. The predicted octanol–water partition coefficient (Wildman–Crippen LogP) is 3.02. The van der Waals surface area contributed by atoms with E-state index in [1.165, 1.54) is 0 Å². The number of benzene rings is 2. The van der Waals surface area contributed by atoms with Gasteiger partial charge in [0.05, 0.1) is 20.3 Å². The highest BCUT2D eigenvalue weighted by Gasteiger charge is 2.18. The zero-order valence-corrected chi connectivity index (χ0v) is 13.0. The van der Waals surface area contributed by atoms with Crippen molar-refractivity contribution in [2.24, 2.45) is 5.84 Å². The molecule has 0 aliphatic rings. The van der Waals surface area contributed by atoms with Crippen LogP contribution in [0, 0.1) is 0 Å². The van der Waals surface area contributed by atoms with Crippen LogP contribution >= 0.6 is 15.9 Å². The fourth-order valence-electron chi connectivity index (χ4n) is 2.12. The Bertz CT molecular complexity index is 590. The Hall–Kier alpha value is -1.56. The summed E-state index contributed by atoms with van der Waals surface area (Å²) in [4.78, 5) is 0. The number of nitrogens with one attached hydrogen (secondary N) is 1. The second kappa shape index (κ2) is 6.74. The fraction of sp³-hybridized carbons (Fsp3) is 0.200. The van der Waals surface area contributed by atoms with Crippen molar-refractivity contribution < 1.29 is 9.47 Å². The van der Waals surface area contributed by atoms with Crippen LogP contribution in [-0.2, 0) is 0 Å². The molecule has 106 valence electrons. The number of methoxy groups -OCH3 is 2. The molecule has 0 saturated carbocycles. The summed E-state index contributed by atoms with van der Waals surface area (Å²) >= 11 is 3.47. The van der Waals surface area contributed by atoms with E-state index in [1.807, 2.05) is 42.5 Å². The summed E-state index contributed by atoms with van der Waals surface area (Å²) in [7, 11) is 3.27. The van der Waals surface area contributed by atoms with E-state index in [0.717, 1.165) is 27.1 Å². The smallest absolute Gasteiger partial charge is 0.124 e. The molecule has 0 aliphatic heterocycles. The van der Waals surface area contributed by atoms with Gasteiger partial charge in [-0.1, -0.05) is 28.1 Å². The molecule has 0 bridgehead atoms. The van der Waals surface area contributed by atoms with E-state index in [-0.39, 0.29) is 6.04 Å². The second-order valence-electron chi connectivity index (χ2n) is 4.26. The zero-order valence-electron chi connectivity index (χ0n) is 11.4. The van der Waals surface area contributed by atoms with Crippen molar-refractivity contribution >= 4 is 15.9 Å². The Kier molecular flexibility index (Phi) is 5.00. The first-order valence-electron chi connectivity index (χ1n) is 6.13. The molecule has 1 unspecified atom stereocenters. The Morgan fingerprint density at radius 3 is 2.50 bits per heavy atom. The Labute approximate surface area is 127 Å². The topological polar surface area (TPSA) is 56.5 Å². The first-order chi connectivity index (χ1) is 9.69. The van der Waals surface area contributed by atoms with E-state index in [2.05, 4.69) is 21.4 Å². The van der Waals surface area contributed by atoms with Crippen molar-refractivity contribution in [3.63, 3.8) is 0 Å². The van der Waals surface area contributed by atoms with Gasteiger partial charge in [0.2, 0.25) is 0 Å². The van der Waals surface area contributed by atoms with Crippen LogP contribution in [0.5, 0.6) is 11.5 Å². The van der Waals surface area contributed by atoms with Crippen LogP contribution in [-0.4, -0.2) is 14.2 Å². The van der Waals surface area contributed by atoms with Crippen molar-refractivity contribution in [1.29, 1.82) is 0 Å². The number of ether oxygens (including phenoxy) is 2. The van der Waals surface area contributed by atoms with Crippen LogP contribution < -0.4 is 20.7 Å². The summed E-state index contributed by atoms with van der Waals surface area (Å²) in [6, 6.07) is 13.4. The summed E-state index contributed by atoms with van der Waals surface area (Å²) in [6.07, 6.45) is 0. The summed E-state index contributed by atoms with van der Waals surface area (Å²) in [6.45, 7) is 0. The molecule has 0 aromatic heterocycles. The van der Waals surface area contributed by atoms with Crippen LogP contribution in [0.25, 0.3) is 0 Å². The van der Waals surface area contributed by atoms with Gasteiger partial charge in [0, 0.05) is 10.0 Å².